The van der Waals surface area contributed by atoms with Gasteiger partial charge in [0.2, 0.25) is 0 Å². The van der Waals surface area contributed by atoms with Gasteiger partial charge in [0, 0.05) is 16.7 Å². The number of nitrogen functional groups attached to an aromatic ring is 1. The minimum Gasteiger partial charge on any atom is -0.383 e. The SMILES string of the molecule is Cc1ccc(C(=O)Nc2ccc(-c3cc(C(F)(F)F)cc4[nH]nnc34)c(N)n2)cc1. The maximum Gasteiger partial charge on any atom is 0.416 e. The highest BCUT2D eigenvalue weighted by Crippen LogP contribution is 2.37. The van der Waals surface area contributed by atoms with Crippen LogP contribution in [0.2, 0.25) is 0 Å². The predicted molar refractivity (Wildman–Crippen MR) is 106 cm³/mol. The minimum atomic E-state index is -4.56. The number of nitrogens with two attached hydrogens (primary N) is 1. The van der Waals surface area contributed by atoms with Crippen molar-refractivity contribution in [3.8, 4) is 11.1 Å². The Balaban J connectivity index is 1.69. The van der Waals surface area contributed by atoms with Crippen LogP contribution in [0.5, 0.6) is 0 Å². The molecule has 2 aromatic carbocycles. The molecule has 0 bridgehead atoms. The van der Waals surface area contributed by atoms with Crippen LogP contribution in [0.1, 0.15) is 21.5 Å². The summed E-state index contributed by atoms with van der Waals surface area (Å²) in [5, 5.41) is 12.5. The van der Waals surface area contributed by atoms with Gasteiger partial charge in [-0.05, 0) is 43.3 Å². The number of alkyl halides is 3. The number of nitrogens with one attached hydrogen (secondary N) is 2. The Morgan fingerprint density at radius 1 is 1.07 bits per heavy atom. The van der Waals surface area contributed by atoms with Gasteiger partial charge in [-0.25, -0.2) is 4.98 Å². The summed E-state index contributed by atoms with van der Waals surface area (Å²) in [6.07, 6.45) is -4.56. The van der Waals surface area contributed by atoms with Crippen molar-refractivity contribution < 1.29 is 18.0 Å². The number of rotatable bonds is 3. The average molecular weight is 412 g/mol. The summed E-state index contributed by atoms with van der Waals surface area (Å²) in [6, 6.07) is 11.8. The van der Waals surface area contributed by atoms with Crippen LogP contribution in [0.3, 0.4) is 0 Å². The molecule has 0 unspecified atom stereocenters. The number of aryl methyl sites for hydroxylation is 1. The van der Waals surface area contributed by atoms with E-state index in [0.717, 1.165) is 17.7 Å². The average Bonchev–Trinajstić information content (AvgIpc) is 3.16. The van der Waals surface area contributed by atoms with Crippen LogP contribution < -0.4 is 11.1 Å². The van der Waals surface area contributed by atoms with E-state index >= 15 is 0 Å². The molecule has 152 valence electrons. The molecule has 1 amide bonds. The van der Waals surface area contributed by atoms with Crippen molar-refractivity contribution in [3.05, 3.63) is 65.2 Å². The lowest BCUT2D eigenvalue weighted by Crippen LogP contribution is -2.13. The Bertz CT molecular complexity index is 1250. The van der Waals surface area contributed by atoms with Crippen molar-refractivity contribution in [2.45, 2.75) is 13.1 Å². The van der Waals surface area contributed by atoms with Crippen LogP contribution >= 0.6 is 0 Å². The van der Waals surface area contributed by atoms with E-state index in [-0.39, 0.29) is 39.7 Å². The molecule has 30 heavy (non-hydrogen) atoms. The Kier molecular flexibility index (Phi) is 4.61. The number of hydrogen-bond acceptors (Lipinski definition) is 5. The maximum absolute atomic E-state index is 13.3. The second-order valence-corrected chi connectivity index (χ2v) is 6.68. The molecule has 0 saturated heterocycles. The molecule has 4 N–H and O–H groups in total. The number of hydrogen-bond donors (Lipinski definition) is 3. The zero-order valence-electron chi connectivity index (χ0n) is 15.6. The molecule has 4 aromatic rings. The Morgan fingerprint density at radius 2 is 1.80 bits per heavy atom. The molecule has 0 aliphatic heterocycles. The number of aromatic amines is 1. The Morgan fingerprint density at radius 3 is 2.47 bits per heavy atom. The molecule has 0 radical (unpaired) electrons. The fourth-order valence-electron chi connectivity index (χ4n) is 2.99. The zero-order chi connectivity index (χ0) is 21.5. The van der Waals surface area contributed by atoms with E-state index < -0.39 is 11.7 Å². The molecule has 0 saturated carbocycles. The van der Waals surface area contributed by atoms with Gasteiger partial charge in [0.25, 0.3) is 5.91 Å². The van der Waals surface area contributed by atoms with E-state index in [1.54, 1.807) is 24.3 Å². The molecule has 0 aliphatic rings. The minimum absolute atomic E-state index is 0.0552. The normalized spacial score (nSPS) is 11.6. The number of carbonyl (C=O) groups excluding carboxylic acids is 1. The van der Waals surface area contributed by atoms with Crippen LogP contribution in [0.15, 0.2) is 48.5 Å². The van der Waals surface area contributed by atoms with Crippen molar-refractivity contribution in [2.75, 3.05) is 11.1 Å². The molecule has 0 fully saturated rings. The Hall–Kier alpha value is -3.95. The topological polar surface area (TPSA) is 110 Å². The standard InChI is InChI=1S/C20H15F3N6O/c1-10-2-4-11(5-3-10)19(30)26-16-7-6-13(18(24)25-16)14-8-12(20(21,22)23)9-15-17(14)28-29-27-15/h2-9H,1H3,(H,27,28,29)(H3,24,25,26,30). The van der Waals surface area contributed by atoms with Gasteiger partial charge in [-0.3, -0.25) is 9.89 Å². The lowest BCUT2D eigenvalue weighted by Gasteiger charge is -2.12. The highest BCUT2D eigenvalue weighted by Gasteiger charge is 2.32. The molecule has 0 spiro atoms. The molecule has 2 aromatic heterocycles. The number of nitrogens with zero attached hydrogens (tertiary/aromatic N) is 3. The first-order valence-electron chi connectivity index (χ1n) is 8.79. The smallest absolute Gasteiger partial charge is 0.383 e. The third-order valence-electron chi connectivity index (χ3n) is 4.53. The first-order chi connectivity index (χ1) is 14.2. The van der Waals surface area contributed by atoms with E-state index in [0.29, 0.717) is 5.56 Å². The number of halogens is 3. The highest BCUT2D eigenvalue weighted by atomic mass is 19.4. The Labute approximate surface area is 168 Å². The number of aromatic nitrogens is 4. The van der Waals surface area contributed by atoms with Gasteiger partial charge in [-0.15, -0.1) is 5.10 Å². The van der Waals surface area contributed by atoms with Crippen LogP contribution in [0, 0.1) is 6.92 Å². The maximum atomic E-state index is 13.3. The van der Waals surface area contributed by atoms with Crippen molar-refractivity contribution in [2.24, 2.45) is 0 Å². The first-order valence-corrected chi connectivity index (χ1v) is 8.79. The van der Waals surface area contributed by atoms with Crippen molar-refractivity contribution >= 4 is 28.6 Å². The molecule has 7 nitrogen and oxygen atoms in total. The summed E-state index contributed by atoms with van der Waals surface area (Å²) in [5.74, 6) is -0.266. The largest absolute Gasteiger partial charge is 0.416 e. The summed E-state index contributed by atoms with van der Waals surface area (Å²) >= 11 is 0. The third kappa shape index (κ3) is 3.66. The molecule has 2 heterocycles. The van der Waals surface area contributed by atoms with E-state index in [4.69, 9.17) is 5.73 Å². The van der Waals surface area contributed by atoms with Crippen molar-refractivity contribution in [1.82, 2.24) is 20.4 Å². The van der Waals surface area contributed by atoms with Gasteiger partial charge < -0.3 is 11.1 Å². The number of anilines is 2. The number of benzene rings is 2. The van der Waals surface area contributed by atoms with Gasteiger partial charge in [0.1, 0.15) is 17.2 Å². The zero-order valence-corrected chi connectivity index (χ0v) is 15.6. The molecule has 10 heteroatoms. The number of H-pyrrole nitrogens is 1. The first kappa shape index (κ1) is 19.4. The molecule has 4 rings (SSSR count). The highest BCUT2D eigenvalue weighted by molar-refractivity contribution is 6.04. The monoisotopic (exact) mass is 412 g/mol. The summed E-state index contributed by atoms with van der Waals surface area (Å²) in [7, 11) is 0. The van der Waals surface area contributed by atoms with Gasteiger partial charge in [-0.2, -0.15) is 13.2 Å². The third-order valence-corrected chi connectivity index (χ3v) is 4.53. The predicted octanol–water partition coefficient (Wildman–Crippen LogP) is 4.18. The molecule has 0 atom stereocenters. The quantitative estimate of drug-likeness (QED) is 0.468. The van der Waals surface area contributed by atoms with Crippen molar-refractivity contribution in [3.63, 3.8) is 0 Å². The lowest BCUT2D eigenvalue weighted by atomic mass is 10.0. The van der Waals surface area contributed by atoms with E-state index in [9.17, 15) is 18.0 Å². The van der Waals surface area contributed by atoms with E-state index in [1.165, 1.54) is 12.1 Å². The summed E-state index contributed by atoms with van der Waals surface area (Å²) in [6.45, 7) is 1.91. The summed E-state index contributed by atoms with van der Waals surface area (Å²) in [4.78, 5) is 16.5. The fraction of sp³-hybridized carbons (Fsp3) is 0.100. The van der Waals surface area contributed by atoms with Crippen LogP contribution in [-0.4, -0.2) is 26.3 Å². The summed E-state index contributed by atoms with van der Waals surface area (Å²) < 4.78 is 39.8. The van der Waals surface area contributed by atoms with Crippen molar-refractivity contribution in [1.29, 1.82) is 0 Å². The molecule has 0 aliphatic carbocycles. The van der Waals surface area contributed by atoms with Gasteiger partial charge in [0.05, 0.1) is 11.1 Å². The summed E-state index contributed by atoms with van der Waals surface area (Å²) in [5.41, 5.74) is 7.31. The number of carbonyl (C=O) groups is 1. The van der Waals surface area contributed by atoms with Gasteiger partial charge >= 0.3 is 6.18 Å². The number of pyridine rings is 1. The fourth-order valence-corrected chi connectivity index (χ4v) is 2.99. The van der Waals surface area contributed by atoms with E-state index in [1.807, 2.05) is 6.92 Å². The van der Waals surface area contributed by atoms with E-state index in [2.05, 4.69) is 25.7 Å². The number of amides is 1. The van der Waals surface area contributed by atoms with Crippen LogP contribution in [0.4, 0.5) is 24.8 Å². The lowest BCUT2D eigenvalue weighted by molar-refractivity contribution is -0.137. The molecular formula is C20H15F3N6O. The van der Waals surface area contributed by atoms with Crippen LogP contribution in [0.25, 0.3) is 22.2 Å². The second kappa shape index (κ2) is 7.14. The van der Waals surface area contributed by atoms with Crippen LogP contribution in [-0.2, 0) is 6.18 Å². The van der Waals surface area contributed by atoms with Gasteiger partial charge in [-0.1, -0.05) is 22.9 Å². The molecular weight excluding hydrogens is 397 g/mol. The van der Waals surface area contributed by atoms with Gasteiger partial charge in [0.15, 0.2) is 0 Å². The number of fused-ring (bicyclic) bond motifs is 1. The second-order valence-electron chi connectivity index (χ2n) is 6.68.